The fourth-order valence-electron chi connectivity index (χ4n) is 2.14. The molecule has 7 nitrogen and oxygen atoms in total. The number of halogens is 1. The van der Waals surface area contributed by atoms with Crippen LogP contribution in [0.1, 0.15) is 5.56 Å². The summed E-state index contributed by atoms with van der Waals surface area (Å²) >= 11 is 0. The first-order chi connectivity index (χ1) is 10.1. The predicted molar refractivity (Wildman–Crippen MR) is 72.4 cm³/mol. The van der Waals surface area contributed by atoms with Gasteiger partial charge in [-0.2, -0.15) is 0 Å². The van der Waals surface area contributed by atoms with E-state index < -0.39 is 12.7 Å². The predicted octanol–water partition coefficient (Wildman–Crippen LogP) is -1.53. The average molecular weight is 289 g/mol. The maximum Gasteiger partial charge on any atom is 0.488 e. The third kappa shape index (κ3) is 2.44. The highest BCUT2D eigenvalue weighted by molar-refractivity contribution is 6.58. The van der Waals surface area contributed by atoms with Crippen LogP contribution in [0.2, 0.25) is 0 Å². The lowest BCUT2D eigenvalue weighted by molar-refractivity contribution is -0.824. The van der Waals surface area contributed by atoms with Gasteiger partial charge in [-0.25, -0.2) is 4.57 Å². The number of nitrogens with zero attached hydrogens (tertiary/aromatic N) is 3. The van der Waals surface area contributed by atoms with E-state index in [1.54, 1.807) is 24.3 Å². The molecule has 9 heteroatoms. The van der Waals surface area contributed by atoms with E-state index in [0.29, 0.717) is 5.46 Å². The summed E-state index contributed by atoms with van der Waals surface area (Å²) in [5.74, 6) is 0. The van der Waals surface area contributed by atoms with Gasteiger partial charge in [-0.15, -0.1) is 0 Å². The van der Waals surface area contributed by atoms with Crippen LogP contribution in [0, 0.1) is 0 Å². The molecule has 0 unspecified atom stereocenters. The Morgan fingerprint density at radius 3 is 2.71 bits per heavy atom. The smallest absolute Gasteiger partial charge is 0.423 e. The van der Waals surface area contributed by atoms with E-state index in [1.807, 2.05) is 0 Å². The Hall–Kier alpha value is -2.52. The molecular formula is C12H11BFN4O3+. The first kappa shape index (κ1) is 13.5. The summed E-state index contributed by atoms with van der Waals surface area (Å²) in [6.07, 6.45) is 2.28. The molecule has 0 saturated carbocycles. The summed E-state index contributed by atoms with van der Waals surface area (Å²) in [5, 5.41) is 18.1. The number of nitrogens with one attached hydrogen (secondary N) is 1. The van der Waals surface area contributed by atoms with Crippen molar-refractivity contribution in [3.63, 3.8) is 0 Å². The third-order valence-electron chi connectivity index (χ3n) is 3.17. The van der Waals surface area contributed by atoms with E-state index in [1.165, 1.54) is 4.57 Å². The molecule has 0 aliphatic heterocycles. The second-order valence-corrected chi connectivity index (χ2v) is 4.57. The Bertz CT molecular complexity index is 844. The van der Waals surface area contributed by atoms with Gasteiger partial charge in [0.2, 0.25) is 11.8 Å². The number of hydrogen-bond donors (Lipinski definition) is 3. The highest BCUT2D eigenvalue weighted by Crippen LogP contribution is 2.07. The molecule has 21 heavy (non-hydrogen) atoms. The van der Waals surface area contributed by atoms with Crippen LogP contribution in [0.5, 0.6) is 0 Å². The standard InChI is InChI=1S/C12H10BFN4O3/c14-18-7-17(10-11(18)15-6-16-12(10)19)5-8-1-3-9(4-2-8)13(20)21/h1-4,6-7,20-21H,5H2/p+1. The fraction of sp³-hybridized carbons (Fsp3) is 0.0833. The summed E-state index contributed by atoms with van der Waals surface area (Å²) in [5.41, 5.74) is 0.780. The van der Waals surface area contributed by atoms with Gasteiger partial charge in [-0.3, -0.25) is 9.78 Å². The van der Waals surface area contributed by atoms with Gasteiger partial charge in [-0.05, 0) is 20.3 Å². The Morgan fingerprint density at radius 1 is 1.33 bits per heavy atom. The van der Waals surface area contributed by atoms with Crippen molar-refractivity contribution in [2.75, 3.05) is 0 Å². The number of fused-ring (bicyclic) bond motifs is 1. The first-order valence-corrected chi connectivity index (χ1v) is 6.15. The largest absolute Gasteiger partial charge is 0.488 e. The molecule has 0 fully saturated rings. The molecule has 2 aromatic heterocycles. The summed E-state index contributed by atoms with van der Waals surface area (Å²) in [4.78, 5) is 18.3. The molecule has 0 aliphatic carbocycles. The lowest BCUT2D eigenvalue weighted by Crippen LogP contribution is -2.29. The van der Waals surface area contributed by atoms with Crippen molar-refractivity contribution in [2.24, 2.45) is 0 Å². The van der Waals surface area contributed by atoms with E-state index in [-0.39, 0.29) is 22.5 Å². The zero-order chi connectivity index (χ0) is 15.0. The zero-order valence-corrected chi connectivity index (χ0v) is 10.8. The Labute approximate surface area is 118 Å². The number of H-pyrrole nitrogens is 1. The SMILES string of the molecule is O=c1[nH]cnc2c1n(Cc1ccc(B(O)O)cc1)c[n+]2F. The van der Waals surface area contributed by atoms with E-state index in [4.69, 9.17) is 10.0 Å². The van der Waals surface area contributed by atoms with E-state index in [9.17, 15) is 9.28 Å². The van der Waals surface area contributed by atoms with E-state index in [2.05, 4.69) is 9.97 Å². The molecule has 2 heterocycles. The van der Waals surface area contributed by atoms with Crippen molar-refractivity contribution < 1.29 is 19.3 Å². The zero-order valence-electron chi connectivity index (χ0n) is 10.8. The summed E-state index contributed by atoms with van der Waals surface area (Å²) < 4.78 is 15.1. The van der Waals surface area contributed by atoms with Crippen molar-refractivity contribution in [1.82, 2.24) is 14.5 Å². The van der Waals surface area contributed by atoms with Crippen molar-refractivity contribution >= 4 is 23.7 Å². The molecule has 3 rings (SSSR count). The van der Waals surface area contributed by atoms with Crippen LogP contribution in [0.4, 0.5) is 4.48 Å². The van der Waals surface area contributed by atoms with Crippen LogP contribution in [0.3, 0.4) is 0 Å². The number of benzene rings is 1. The third-order valence-corrected chi connectivity index (χ3v) is 3.17. The minimum Gasteiger partial charge on any atom is -0.423 e. The van der Waals surface area contributed by atoms with E-state index >= 15 is 0 Å². The molecule has 3 aromatic rings. The normalized spacial score (nSPS) is 11.0. The maximum atomic E-state index is 13.7. The Kier molecular flexibility index (Phi) is 3.28. The van der Waals surface area contributed by atoms with Crippen molar-refractivity contribution in [3.8, 4) is 0 Å². The molecule has 1 aromatic carbocycles. The fourth-order valence-corrected chi connectivity index (χ4v) is 2.14. The molecule has 106 valence electrons. The maximum absolute atomic E-state index is 13.7. The molecule has 0 aliphatic rings. The van der Waals surface area contributed by atoms with E-state index in [0.717, 1.165) is 18.2 Å². The van der Waals surface area contributed by atoms with Gasteiger partial charge in [0.25, 0.3) is 5.56 Å². The topological polar surface area (TPSA) is 95.0 Å². The number of aromatic amines is 1. The number of aromatic nitrogens is 4. The monoisotopic (exact) mass is 289 g/mol. The van der Waals surface area contributed by atoms with Gasteiger partial charge in [0.15, 0.2) is 6.33 Å². The lowest BCUT2D eigenvalue weighted by Gasteiger charge is -2.02. The molecule has 0 bridgehead atoms. The van der Waals surface area contributed by atoms with Crippen molar-refractivity contribution in [2.45, 2.75) is 6.54 Å². The van der Waals surface area contributed by atoms with Gasteiger partial charge >= 0.3 is 12.8 Å². The minimum atomic E-state index is -1.54. The van der Waals surface area contributed by atoms with Crippen LogP contribution >= 0.6 is 0 Å². The summed E-state index contributed by atoms with van der Waals surface area (Å²) in [7, 11) is -1.54. The number of hydrogen-bond acceptors (Lipinski definition) is 4. The van der Waals surface area contributed by atoms with Crippen LogP contribution in [-0.2, 0) is 6.54 Å². The molecule has 0 radical (unpaired) electrons. The second kappa shape index (κ2) is 5.11. The second-order valence-electron chi connectivity index (χ2n) is 4.57. The molecule has 0 atom stereocenters. The van der Waals surface area contributed by atoms with Crippen LogP contribution < -0.4 is 15.8 Å². The molecule has 0 saturated heterocycles. The van der Waals surface area contributed by atoms with Crippen LogP contribution in [-0.4, -0.2) is 31.7 Å². The molecule has 3 N–H and O–H groups in total. The minimum absolute atomic E-state index is 0.0545. The van der Waals surface area contributed by atoms with Gasteiger partial charge in [0.05, 0.1) is 6.54 Å². The van der Waals surface area contributed by atoms with Gasteiger partial charge < -0.3 is 10.0 Å². The molecular weight excluding hydrogens is 278 g/mol. The number of rotatable bonds is 3. The average Bonchev–Trinajstić information content (AvgIpc) is 2.77. The summed E-state index contributed by atoms with van der Waals surface area (Å²) in [6, 6.07) is 6.46. The van der Waals surface area contributed by atoms with Crippen LogP contribution in [0.15, 0.2) is 41.7 Å². The molecule has 0 spiro atoms. The quantitative estimate of drug-likeness (QED) is 0.510. The molecule has 0 amide bonds. The lowest BCUT2D eigenvalue weighted by atomic mass is 9.80. The highest BCUT2D eigenvalue weighted by atomic mass is 19.2. The Balaban J connectivity index is 2.00. The van der Waals surface area contributed by atoms with Crippen molar-refractivity contribution in [1.29, 1.82) is 0 Å². The Morgan fingerprint density at radius 2 is 2.05 bits per heavy atom. The van der Waals surface area contributed by atoms with Crippen LogP contribution in [0.25, 0.3) is 11.2 Å². The number of imidazole rings is 1. The van der Waals surface area contributed by atoms with Gasteiger partial charge in [-0.1, -0.05) is 29.2 Å². The van der Waals surface area contributed by atoms with Gasteiger partial charge in [0, 0.05) is 0 Å². The highest BCUT2D eigenvalue weighted by Gasteiger charge is 2.20. The summed E-state index contributed by atoms with van der Waals surface area (Å²) in [6.45, 7) is 0.254. The van der Waals surface area contributed by atoms with Crippen molar-refractivity contribution in [3.05, 3.63) is 52.8 Å². The van der Waals surface area contributed by atoms with Gasteiger partial charge in [0.1, 0.15) is 0 Å². The first-order valence-electron chi connectivity index (χ1n) is 6.15.